The lowest BCUT2D eigenvalue weighted by atomic mass is 10.0. The molecule has 1 atom stereocenters. The highest BCUT2D eigenvalue weighted by Crippen LogP contribution is 2.22. The van der Waals surface area contributed by atoms with Gasteiger partial charge in [0, 0.05) is 12.6 Å². The largest absolute Gasteiger partial charge is 0.387 e. The number of aliphatic hydroxyl groups excluding tert-OH is 1. The number of benzene rings is 1. The third kappa shape index (κ3) is 2.80. The van der Waals surface area contributed by atoms with Gasteiger partial charge in [0.05, 0.1) is 6.10 Å². The Bertz CT molecular complexity index is 344. The Morgan fingerprint density at radius 1 is 1.40 bits per heavy atom. The molecule has 1 aliphatic rings. The summed E-state index contributed by atoms with van der Waals surface area (Å²) >= 11 is 0. The van der Waals surface area contributed by atoms with Crippen LogP contribution in [0.3, 0.4) is 0 Å². The van der Waals surface area contributed by atoms with Crippen molar-refractivity contribution < 1.29 is 5.11 Å². The average Bonchev–Trinajstić information content (AvgIpc) is 2.97. The molecule has 0 heterocycles. The quantitative estimate of drug-likeness (QED) is 0.789. The standard InChI is InChI=1S/C13H19NO/c1-9-3-6-12(10(2)7-9)13(15)8-14-11-4-5-11/h3,6-7,11,13-15H,4-5,8H2,1-2H3/t13-/m0/s1. The molecule has 1 aliphatic carbocycles. The van der Waals surface area contributed by atoms with Gasteiger partial charge in [-0.15, -0.1) is 0 Å². The van der Waals surface area contributed by atoms with Crippen molar-refractivity contribution in [1.82, 2.24) is 5.32 Å². The molecule has 1 aromatic rings. The molecule has 82 valence electrons. The summed E-state index contributed by atoms with van der Waals surface area (Å²) in [5.74, 6) is 0. The second-order valence-corrected chi connectivity index (χ2v) is 4.56. The van der Waals surface area contributed by atoms with Crippen LogP contribution in [-0.4, -0.2) is 17.7 Å². The maximum atomic E-state index is 10.0. The van der Waals surface area contributed by atoms with Gasteiger partial charge in [-0.25, -0.2) is 0 Å². The van der Waals surface area contributed by atoms with E-state index in [2.05, 4.69) is 31.3 Å². The monoisotopic (exact) mass is 205 g/mol. The first kappa shape index (κ1) is 10.7. The Labute approximate surface area is 91.3 Å². The third-order valence-electron chi connectivity index (χ3n) is 2.96. The van der Waals surface area contributed by atoms with Gasteiger partial charge < -0.3 is 10.4 Å². The van der Waals surface area contributed by atoms with E-state index in [1.807, 2.05) is 6.07 Å². The highest BCUT2D eigenvalue weighted by molar-refractivity contribution is 5.32. The minimum absolute atomic E-state index is 0.369. The minimum atomic E-state index is -0.369. The predicted octanol–water partition coefficient (Wildman–Crippen LogP) is 2.09. The van der Waals surface area contributed by atoms with Crippen LogP contribution < -0.4 is 5.32 Å². The Kier molecular flexibility index (Phi) is 3.08. The summed E-state index contributed by atoms with van der Waals surface area (Å²) in [5, 5.41) is 13.4. The first-order valence-corrected chi connectivity index (χ1v) is 5.65. The Morgan fingerprint density at radius 3 is 2.73 bits per heavy atom. The maximum absolute atomic E-state index is 10.0. The summed E-state index contributed by atoms with van der Waals surface area (Å²) in [6.45, 7) is 4.81. The second-order valence-electron chi connectivity index (χ2n) is 4.56. The van der Waals surface area contributed by atoms with Crippen LogP contribution in [0.25, 0.3) is 0 Å². The fourth-order valence-electron chi connectivity index (χ4n) is 1.88. The van der Waals surface area contributed by atoms with Crippen LogP contribution in [0.1, 0.15) is 35.6 Å². The Balaban J connectivity index is 1.99. The summed E-state index contributed by atoms with van der Waals surface area (Å²) in [7, 11) is 0. The van der Waals surface area contributed by atoms with Crippen LogP contribution in [0.15, 0.2) is 18.2 Å². The number of rotatable bonds is 4. The van der Waals surface area contributed by atoms with E-state index in [-0.39, 0.29) is 6.10 Å². The van der Waals surface area contributed by atoms with Gasteiger partial charge in [-0.3, -0.25) is 0 Å². The summed E-state index contributed by atoms with van der Waals surface area (Å²) in [4.78, 5) is 0. The van der Waals surface area contributed by atoms with E-state index in [0.717, 1.165) is 5.56 Å². The minimum Gasteiger partial charge on any atom is -0.387 e. The zero-order valence-corrected chi connectivity index (χ0v) is 9.46. The van der Waals surface area contributed by atoms with E-state index in [9.17, 15) is 5.11 Å². The first-order chi connectivity index (χ1) is 7.16. The van der Waals surface area contributed by atoms with Crippen molar-refractivity contribution in [2.45, 2.75) is 38.8 Å². The van der Waals surface area contributed by atoms with Crippen LogP contribution >= 0.6 is 0 Å². The summed E-state index contributed by atoms with van der Waals surface area (Å²) < 4.78 is 0. The average molecular weight is 205 g/mol. The van der Waals surface area contributed by atoms with Crippen molar-refractivity contribution in [3.8, 4) is 0 Å². The van der Waals surface area contributed by atoms with Gasteiger partial charge >= 0.3 is 0 Å². The molecule has 1 aromatic carbocycles. The zero-order valence-electron chi connectivity index (χ0n) is 9.46. The lowest BCUT2D eigenvalue weighted by Crippen LogP contribution is -2.23. The number of hydrogen-bond acceptors (Lipinski definition) is 2. The molecule has 0 spiro atoms. The predicted molar refractivity (Wildman–Crippen MR) is 61.9 cm³/mol. The Hall–Kier alpha value is -0.860. The van der Waals surface area contributed by atoms with Crippen molar-refractivity contribution in [3.63, 3.8) is 0 Å². The van der Waals surface area contributed by atoms with E-state index in [1.165, 1.54) is 24.0 Å². The fourth-order valence-corrected chi connectivity index (χ4v) is 1.88. The van der Waals surface area contributed by atoms with E-state index in [4.69, 9.17) is 0 Å². The molecule has 0 bridgehead atoms. The number of aryl methyl sites for hydroxylation is 2. The molecule has 0 aliphatic heterocycles. The molecule has 0 saturated heterocycles. The SMILES string of the molecule is Cc1ccc([C@@H](O)CNC2CC2)c(C)c1. The van der Waals surface area contributed by atoms with E-state index in [1.54, 1.807) is 0 Å². The van der Waals surface area contributed by atoms with Crippen molar-refractivity contribution in [3.05, 3.63) is 34.9 Å². The molecule has 0 amide bonds. The summed E-state index contributed by atoms with van der Waals surface area (Å²) in [6.07, 6.45) is 2.16. The fraction of sp³-hybridized carbons (Fsp3) is 0.538. The molecular formula is C13H19NO. The molecule has 2 N–H and O–H groups in total. The van der Waals surface area contributed by atoms with Gasteiger partial charge in [-0.2, -0.15) is 0 Å². The lowest BCUT2D eigenvalue weighted by Gasteiger charge is -2.14. The van der Waals surface area contributed by atoms with Crippen molar-refractivity contribution in [2.24, 2.45) is 0 Å². The zero-order chi connectivity index (χ0) is 10.8. The van der Waals surface area contributed by atoms with Crippen LogP contribution in [-0.2, 0) is 0 Å². The molecule has 15 heavy (non-hydrogen) atoms. The van der Waals surface area contributed by atoms with E-state index < -0.39 is 0 Å². The molecule has 0 aromatic heterocycles. The van der Waals surface area contributed by atoms with Gasteiger partial charge in [0.2, 0.25) is 0 Å². The van der Waals surface area contributed by atoms with Gasteiger partial charge in [-0.1, -0.05) is 23.8 Å². The van der Waals surface area contributed by atoms with Gasteiger partial charge in [0.25, 0.3) is 0 Å². The van der Waals surface area contributed by atoms with Crippen LogP contribution in [0.4, 0.5) is 0 Å². The van der Waals surface area contributed by atoms with Crippen LogP contribution in [0, 0.1) is 13.8 Å². The van der Waals surface area contributed by atoms with Crippen molar-refractivity contribution >= 4 is 0 Å². The van der Waals surface area contributed by atoms with Crippen LogP contribution in [0.2, 0.25) is 0 Å². The normalized spacial score (nSPS) is 17.8. The van der Waals surface area contributed by atoms with Gasteiger partial charge in [0.15, 0.2) is 0 Å². The number of nitrogens with one attached hydrogen (secondary N) is 1. The van der Waals surface area contributed by atoms with Gasteiger partial charge in [0.1, 0.15) is 0 Å². The smallest absolute Gasteiger partial charge is 0.0917 e. The Morgan fingerprint density at radius 2 is 2.13 bits per heavy atom. The molecule has 0 radical (unpaired) electrons. The second kappa shape index (κ2) is 4.33. The lowest BCUT2D eigenvalue weighted by molar-refractivity contribution is 0.173. The number of aliphatic hydroxyl groups is 1. The summed E-state index contributed by atoms with van der Waals surface area (Å²) in [5.41, 5.74) is 3.48. The van der Waals surface area contributed by atoms with Gasteiger partial charge in [-0.05, 0) is 37.8 Å². The molecule has 0 unspecified atom stereocenters. The van der Waals surface area contributed by atoms with E-state index >= 15 is 0 Å². The maximum Gasteiger partial charge on any atom is 0.0917 e. The molecule has 2 heteroatoms. The molecular weight excluding hydrogens is 186 g/mol. The first-order valence-electron chi connectivity index (χ1n) is 5.65. The molecule has 1 fully saturated rings. The highest BCUT2D eigenvalue weighted by Gasteiger charge is 2.21. The molecule has 2 rings (SSSR count). The van der Waals surface area contributed by atoms with Crippen LogP contribution in [0.5, 0.6) is 0 Å². The highest BCUT2D eigenvalue weighted by atomic mass is 16.3. The third-order valence-corrected chi connectivity index (χ3v) is 2.96. The summed E-state index contributed by atoms with van der Waals surface area (Å²) in [6, 6.07) is 6.87. The van der Waals surface area contributed by atoms with Crippen molar-refractivity contribution in [1.29, 1.82) is 0 Å². The number of hydrogen-bond donors (Lipinski definition) is 2. The molecule has 2 nitrogen and oxygen atoms in total. The molecule has 1 saturated carbocycles. The topological polar surface area (TPSA) is 32.3 Å². The van der Waals surface area contributed by atoms with E-state index in [0.29, 0.717) is 12.6 Å². The van der Waals surface area contributed by atoms with Crippen molar-refractivity contribution in [2.75, 3.05) is 6.54 Å².